The van der Waals surface area contributed by atoms with E-state index < -0.39 is 236 Å². The first-order chi connectivity index (χ1) is 42.4. The smallest absolute Gasteiger partial charge is 0.317 e. The van der Waals surface area contributed by atoms with E-state index in [0.29, 0.717) is 32.1 Å². The van der Waals surface area contributed by atoms with Gasteiger partial charge in [-0.1, -0.05) is 53.2 Å². The first kappa shape index (κ1) is 71.5. The lowest BCUT2D eigenvalue weighted by Crippen LogP contribution is -2.70. The highest BCUT2D eigenvalue weighted by molar-refractivity contribution is 5.80. The molecule has 4 saturated carbocycles. The van der Waals surface area contributed by atoms with Crippen LogP contribution < -0.4 is 0 Å². The molecule has 0 aromatic rings. The maximum atomic E-state index is 15.8. The Balaban J connectivity index is 0.898. The number of esters is 2. The molecule has 28 nitrogen and oxygen atoms in total. The zero-order chi connectivity index (χ0) is 66.9. The summed E-state index contributed by atoms with van der Waals surface area (Å²) in [4.78, 5) is 28.9. The van der Waals surface area contributed by atoms with Crippen LogP contribution >= 0.6 is 0 Å². The molecule has 36 atom stereocenters. The molecular weight excluding hydrogens is 1200 g/mol. The number of allylic oxidation sites excluding steroid dienone is 2. The third-order valence-electron chi connectivity index (χ3n) is 23.8. The Morgan fingerprint density at radius 3 is 1.71 bits per heavy atom. The molecule has 5 heterocycles. The van der Waals surface area contributed by atoms with E-state index >= 15 is 4.79 Å². The minimum atomic E-state index is -2.05. The molecule has 0 aromatic heterocycles. The molecule has 0 bridgehead atoms. The molecule has 15 N–H and O–H groups in total. The molecule has 0 aromatic carbocycles. The van der Waals surface area contributed by atoms with Gasteiger partial charge in [0.15, 0.2) is 37.4 Å². The maximum absolute atomic E-state index is 15.8. The van der Waals surface area contributed by atoms with Gasteiger partial charge in [0.05, 0.1) is 68.5 Å². The van der Waals surface area contributed by atoms with E-state index in [4.69, 9.17) is 52.1 Å². The summed E-state index contributed by atoms with van der Waals surface area (Å²) < 4.78 is 65.9. The third-order valence-corrected chi connectivity index (χ3v) is 23.8. The van der Waals surface area contributed by atoms with Crippen molar-refractivity contribution in [1.82, 2.24) is 0 Å². The van der Waals surface area contributed by atoms with Crippen molar-refractivity contribution in [2.24, 2.45) is 50.2 Å². The monoisotopic (exact) mass is 1310 g/mol. The van der Waals surface area contributed by atoms with Crippen LogP contribution in [0.2, 0.25) is 0 Å². The van der Waals surface area contributed by atoms with Crippen LogP contribution in [0.15, 0.2) is 11.6 Å². The lowest BCUT2D eigenvalue weighted by molar-refractivity contribution is -0.380. The lowest BCUT2D eigenvalue weighted by atomic mass is 9.33. The van der Waals surface area contributed by atoms with Crippen LogP contribution in [-0.2, 0) is 61.7 Å². The van der Waals surface area contributed by atoms with Gasteiger partial charge < -0.3 is 129 Å². The van der Waals surface area contributed by atoms with Crippen molar-refractivity contribution in [2.45, 2.75) is 306 Å². The molecule has 5 aliphatic carbocycles. The molecule has 10 aliphatic rings. The summed E-state index contributed by atoms with van der Waals surface area (Å²) in [6.07, 6.45) is -38.1. The molecule has 0 amide bonds. The van der Waals surface area contributed by atoms with Crippen molar-refractivity contribution in [3.8, 4) is 0 Å². The number of aliphatic hydroxyl groups excluding tert-OH is 15. The second kappa shape index (κ2) is 26.2. The zero-order valence-corrected chi connectivity index (χ0v) is 53.8. The largest absolute Gasteiger partial charge is 0.457 e. The Hall–Kier alpha value is -2.28. The molecule has 9 fully saturated rings. The number of hydrogen-bond acceptors (Lipinski definition) is 28. The minimum Gasteiger partial charge on any atom is -0.457 e. The van der Waals surface area contributed by atoms with Gasteiger partial charge in [0.2, 0.25) is 6.29 Å². The number of rotatable bonds is 14. The Bertz CT molecular complexity index is 2600. The Labute approximate surface area is 529 Å². The zero-order valence-electron chi connectivity index (χ0n) is 53.8. The fourth-order valence-corrected chi connectivity index (χ4v) is 18.4. The molecule has 0 radical (unpaired) electrons. The van der Waals surface area contributed by atoms with Gasteiger partial charge in [0.25, 0.3) is 0 Å². The van der Waals surface area contributed by atoms with E-state index in [0.717, 1.165) is 5.57 Å². The summed E-state index contributed by atoms with van der Waals surface area (Å²) in [5.74, 6) is -2.82. The van der Waals surface area contributed by atoms with Gasteiger partial charge in [-0.05, 0) is 125 Å². The van der Waals surface area contributed by atoms with E-state index in [1.165, 1.54) is 34.6 Å². The van der Waals surface area contributed by atoms with Crippen molar-refractivity contribution in [1.29, 1.82) is 0 Å². The maximum Gasteiger partial charge on any atom is 0.317 e. The van der Waals surface area contributed by atoms with Crippen molar-refractivity contribution >= 4 is 11.9 Å². The fraction of sp³-hybridized carbons (Fsp3) is 0.937. The Morgan fingerprint density at radius 1 is 0.560 bits per heavy atom. The van der Waals surface area contributed by atoms with Crippen LogP contribution in [0.1, 0.15) is 134 Å². The lowest BCUT2D eigenvalue weighted by Gasteiger charge is -2.72. The first-order valence-corrected chi connectivity index (χ1v) is 32.5. The van der Waals surface area contributed by atoms with E-state index in [9.17, 15) is 81.4 Å². The standard InChI is InChI=1S/C63H102O28/c1-24(65)18-36(69)86-48-28(5)85-56(50(45(48)78)89-54-44(77)41(74)47(27(4)84-54)87-52-46(79)49(32(67)22-81-52)88-53-42(75)39(72)37(70)25(2)82-53)91-57(80)63-17-16-58(6,7)19-30(63)29-12-13-34-59(8)20-31(66)51(90-55-43(76)40(73)38(71)26(3)83-55)60(9,23-64)33(59)14-15-61(34,10)62(29,11)21-35(63)68/h12,24-28,30-35,37-56,64-68,70-79H,13-23H2,1-11H3/t24-,25-,26-,27-,28+,30-,31-,32+,33+,34+,35+,37-,38-,39+,40+,41-,42+,43+,44+,45-,46+,47-,48-,49-,50+,51-,52-,53-,54-,55-,56-,59-,60-,61+,62+,63+/m0/s1. The Morgan fingerprint density at radius 2 is 1.11 bits per heavy atom. The van der Waals surface area contributed by atoms with Crippen LogP contribution in [0.3, 0.4) is 0 Å². The predicted octanol–water partition coefficient (Wildman–Crippen LogP) is -2.23. The SMILES string of the molecule is C[C@H](O)CC(=O)O[C@@H]1[C@H](O)[C@@H](O[C@@H]2O[C@@H](C)[C@H](O[C@@H]3OC[C@@H](O)[C@H](O[C@@H]4O[C@@H](C)[C@H](O)[C@@H](O)[C@H]4O)[C@H]3O)[C@@H](O)[C@H]2O)[C@H](OC(=O)[C@]23CCC(C)(C)C[C@H]2C2=CC[C@@H]4[C@@]5(C)C[C@H](O)[C@H](O[C@@H]6O[C@@H](C)[C@H](O)[C@@H](O)[C@H]6O)[C@@](C)(CO)[C@@H]5CC[C@@]4(C)[C@]2(C)C[C@H]3O)O[C@@H]1C. The average Bonchev–Trinajstić information content (AvgIpc) is 0.671. The van der Waals surface area contributed by atoms with Crippen LogP contribution in [0, 0.1) is 50.2 Å². The number of carbonyl (C=O) groups is 2. The van der Waals surface area contributed by atoms with E-state index in [1.807, 2.05) is 6.92 Å². The predicted molar refractivity (Wildman–Crippen MR) is 308 cm³/mol. The molecule has 10 rings (SSSR count). The highest BCUT2D eigenvalue weighted by Crippen LogP contribution is 2.76. The molecule has 28 heteroatoms. The number of ether oxygens (including phenoxy) is 11. The number of carbonyl (C=O) groups excluding carboxylic acids is 2. The van der Waals surface area contributed by atoms with Gasteiger partial charge in [0.1, 0.15) is 84.8 Å². The van der Waals surface area contributed by atoms with Crippen LogP contribution in [0.5, 0.6) is 0 Å². The van der Waals surface area contributed by atoms with Crippen LogP contribution in [-0.4, -0.2) is 274 Å². The quantitative estimate of drug-likeness (QED) is 0.0497. The topological polar surface area (TPSA) is 439 Å². The first-order valence-electron chi connectivity index (χ1n) is 32.5. The molecule has 0 spiro atoms. The molecule has 5 saturated heterocycles. The van der Waals surface area contributed by atoms with Crippen molar-refractivity contribution in [3.63, 3.8) is 0 Å². The van der Waals surface area contributed by atoms with Crippen molar-refractivity contribution in [3.05, 3.63) is 11.6 Å². The summed E-state index contributed by atoms with van der Waals surface area (Å²) >= 11 is 0. The summed E-state index contributed by atoms with van der Waals surface area (Å²) in [6, 6.07) is 0. The molecule has 522 valence electrons. The van der Waals surface area contributed by atoms with Crippen molar-refractivity contribution in [2.75, 3.05) is 13.2 Å². The van der Waals surface area contributed by atoms with Crippen LogP contribution in [0.4, 0.5) is 0 Å². The Kier molecular flexibility index (Phi) is 20.6. The molecule has 5 aliphatic heterocycles. The van der Waals surface area contributed by atoms with Crippen LogP contribution in [0.25, 0.3) is 0 Å². The number of hydrogen-bond donors (Lipinski definition) is 15. The second-order valence-corrected chi connectivity index (χ2v) is 30.2. The number of aliphatic hydroxyl groups is 15. The highest BCUT2D eigenvalue weighted by atomic mass is 16.8. The third kappa shape index (κ3) is 12.2. The molecule has 0 unspecified atom stereocenters. The number of fused-ring (bicyclic) bond motifs is 7. The molecule has 91 heavy (non-hydrogen) atoms. The summed E-state index contributed by atoms with van der Waals surface area (Å²) in [6.45, 7) is 18.8. The minimum absolute atomic E-state index is 0.101. The van der Waals surface area contributed by atoms with Gasteiger partial charge in [0, 0.05) is 5.41 Å². The fourth-order valence-electron chi connectivity index (χ4n) is 18.4. The van der Waals surface area contributed by atoms with Gasteiger partial charge in [-0.3, -0.25) is 9.59 Å². The van der Waals surface area contributed by atoms with Gasteiger partial charge in [-0.15, -0.1) is 0 Å². The average molecular weight is 1310 g/mol. The van der Waals surface area contributed by atoms with Crippen molar-refractivity contribution < 1.29 is 138 Å². The highest BCUT2D eigenvalue weighted by Gasteiger charge is 2.73. The summed E-state index contributed by atoms with van der Waals surface area (Å²) in [5, 5.41) is 168. The van der Waals surface area contributed by atoms with E-state index in [1.54, 1.807) is 0 Å². The molecular formula is C63H102O28. The summed E-state index contributed by atoms with van der Waals surface area (Å²) in [5.41, 5.74) is -4.08. The second-order valence-electron chi connectivity index (χ2n) is 30.2. The summed E-state index contributed by atoms with van der Waals surface area (Å²) in [7, 11) is 0. The van der Waals surface area contributed by atoms with E-state index in [-0.39, 0.29) is 36.5 Å². The normalized spacial score (nSPS) is 54.3. The van der Waals surface area contributed by atoms with Gasteiger partial charge >= 0.3 is 11.9 Å². The van der Waals surface area contributed by atoms with E-state index in [2.05, 4.69) is 40.7 Å². The van der Waals surface area contributed by atoms with Gasteiger partial charge in [-0.2, -0.15) is 0 Å². The van der Waals surface area contributed by atoms with Gasteiger partial charge in [-0.25, -0.2) is 0 Å².